The number of nitrogens with one attached hydrogen (secondary N) is 4. The summed E-state index contributed by atoms with van der Waals surface area (Å²) >= 11 is 12.9. The minimum atomic E-state index is -1.72. The van der Waals surface area contributed by atoms with Crippen molar-refractivity contribution >= 4 is 111 Å². The standard InChI is InChI=1S/C16H16FNO3.C16H18FNO2.C14H14FNO2.C8H6ClFO.C8H11NO2.CH2Cl2.Al.3ClH/c1-3-21-16(20)14-9-13(10(2)18-14)15(19)8-11-4-6-12(17)7-5-11;1-3-20-16(19)15-10-13(11(2)18-15)7-4-12-5-8-14(17)9-6-12;1-9-11(8-13(16-9)14(17)18)5-2-10-3-6-12(15)7-4-10;9-8(11)5-6-1-3-7(10)4-2-6;1-3-11-8(10)7-5-4-6(2)9-7;2-1-3;;;;/h4-7,9,18H,3,8H2,1-2H3;5-6,8-10,18H,3-4,7H2,1-2H3;3-4,6-8,16H,2,5H2,1H3,(H,17,18);1-4H,5H2;4-5,9H,3H2,1-2H3;1H2;;3*1H/q;;;;;;+3;;;/p-3. The Morgan fingerprint density at radius 3 is 1.12 bits per heavy atom. The average molecular weight is 1360 g/mol. The lowest BCUT2D eigenvalue weighted by molar-refractivity contribution is -0.111. The fourth-order valence-electron chi connectivity index (χ4n) is 7.66. The Morgan fingerprint density at radius 1 is 0.455 bits per heavy atom. The van der Waals surface area contributed by atoms with Gasteiger partial charge in [-0.05, 0) is 198 Å². The molecule has 14 nitrogen and oxygen atoms in total. The summed E-state index contributed by atoms with van der Waals surface area (Å²) in [5, 5.41) is 8.63. The van der Waals surface area contributed by atoms with E-state index >= 15 is 0 Å². The molecule has 0 aliphatic carbocycles. The summed E-state index contributed by atoms with van der Waals surface area (Å²) in [5.74, 6) is -3.31. The van der Waals surface area contributed by atoms with Crippen molar-refractivity contribution in [1.29, 1.82) is 0 Å². The third-order valence-corrected chi connectivity index (χ3v) is 12.0. The first-order chi connectivity index (χ1) is 41.7. The molecule has 4 aromatic carbocycles. The van der Waals surface area contributed by atoms with E-state index in [2.05, 4.69) is 19.9 Å². The number of hydrogen-bond acceptors (Lipinski definition) is 9. The predicted octanol–water partition coefficient (Wildman–Crippen LogP) is 16.2. The second-order valence-corrected chi connectivity index (χ2v) is 26.1. The molecule has 0 radical (unpaired) electrons. The molecule has 472 valence electrons. The third-order valence-electron chi connectivity index (χ3n) is 11.8. The van der Waals surface area contributed by atoms with Crippen molar-refractivity contribution in [3.8, 4) is 0 Å². The van der Waals surface area contributed by atoms with Crippen LogP contribution in [0, 0.1) is 51.0 Å². The summed E-state index contributed by atoms with van der Waals surface area (Å²) in [6.07, 6.45) is 3.41. The zero-order valence-electron chi connectivity index (χ0n) is 49.2. The Hall–Kier alpha value is -6.79. The predicted molar refractivity (Wildman–Crippen MR) is 340 cm³/mol. The maximum Gasteiger partial charge on any atom is 0.643 e. The normalized spacial score (nSPS) is 9.97. The molecule has 0 amide bonds. The number of H-pyrrole nitrogens is 4. The highest BCUT2D eigenvalue weighted by Gasteiger charge is 2.18. The van der Waals surface area contributed by atoms with Crippen LogP contribution in [0.1, 0.15) is 129 Å². The Bertz CT molecular complexity index is 3410. The smallest absolute Gasteiger partial charge is 0.477 e. The van der Waals surface area contributed by atoms with Crippen molar-refractivity contribution in [2.24, 2.45) is 0 Å². The van der Waals surface area contributed by atoms with Gasteiger partial charge in [0, 0.05) is 41.2 Å². The van der Waals surface area contributed by atoms with E-state index in [-0.39, 0.29) is 77.2 Å². The van der Waals surface area contributed by atoms with Gasteiger partial charge >= 0.3 is 35.3 Å². The summed E-state index contributed by atoms with van der Waals surface area (Å²) in [6.45, 7) is 13.7. The average Bonchev–Trinajstić information content (AvgIpc) is 3.47. The molecule has 0 spiro atoms. The molecule has 0 fully saturated rings. The Morgan fingerprint density at radius 2 is 0.784 bits per heavy atom. The highest BCUT2D eigenvalue weighted by atomic mass is 35.8. The first kappa shape index (κ1) is 77.3. The van der Waals surface area contributed by atoms with Gasteiger partial charge in [0.25, 0.3) is 0 Å². The maximum absolute atomic E-state index is 12.8. The minimum absolute atomic E-state index is 0.133. The number of carboxylic acid groups (broad SMARTS) is 1. The molecule has 0 aliphatic heterocycles. The zero-order valence-corrected chi connectivity index (χ0v) is 54.9. The van der Waals surface area contributed by atoms with Crippen molar-refractivity contribution in [1.82, 2.24) is 19.9 Å². The number of alkyl halides is 2. The van der Waals surface area contributed by atoms with E-state index in [1.807, 2.05) is 32.9 Å². The number of hydrogen-bond donors (Lipinski definition) is 5. The van der Waals surface area contributed by atoms with Gasteiger partial charge in [-0.3, -0.25) is 9.59 Å². The van der Waals surface area contributed by atoms with Crippen LogP contribution in [0.4, 0.5) is 17.6 Å². The van der Waals surface area contributed by atoms with E-state index in [1.54, 1.807) is 76.2 Å². The highest BCUT2D eigenvalue weighted by molar-refractivity contribution is 7.54. The van der Waals surface area contributed by atoms with Crippen molar-refractivity contribution in [2.45, 2.75) is 87.0 Å². The van der Waals surface area contributed by atoms with Crippen molar-refractivity contribution in [2.75, 3.05) is 25.2 Å². The zero-order chi connectivity index (χ0) is 65.9. The molecule has 8 aromatic rings. The van der Waals surface area contributed by atoms with Gasteiger partial charge in [-0.15, -0.1) is 23.2 Å². The van der Waals surface area contributed by atoms with Gasteiger partial charge in [-0.2, -0.15) is 0 Å². The third kappa shape index (κ3) is 30.9. The molecular formula is C63H67AlCl6F4N4O10. The number of benzene rings is 4. The van der Waals surface area contributed by atoms with Gasteiger partial charge < -0.3 is 39.3 Å². The number of Topliss-reactive ketones (excluding diaryl/α,β-unsaturated/α-hetero) is 1. The summed E-state index contributed by atoms with van der Waals surface area (Å²) < 4.78 is 65.3. The first-order valence-electron chi connectivity index (χ1n) is 26.9. The number of halogens is 10. The molecule has 0 unspecified atom stereocenters. The molecular weight excluding hydrogens is 1290 g/mol. The van der Waals surface area contributed by atoms with Crippen LogP contribution in [0.5, 0.6) is 0 Å². The number of aromatic amines is 4. The maximum atomic E-state index is 12.8. The summed E-state index contributed by atoms with van der Waals surface area (Å²) in [5.41, 5.74) is 11.0. The molecule has 0 saturated carbocycles. The SMILES string of the molecule is CCOC(=O)c1cc(C(=O)Cc2ccc(F)cc2)c(C)[nH]1.CCOC(=O)c1cc(CCc2ccc(F)cc2)c(C)[nH]1.CCOC(=O)c1ccc(C)[nH]1.Cc1[nH]c(C(=O)O)cc1CCc1ccc(F)cc1.ClCCl.O=C(Cl)Cc1ccc(F)cc1.[Cl][Al]([Cl])[Cl]. The molecule has 0 atom stereocenters. The van der Waals surface area contributed by atoms with Crippen LogP contribution in [0.3, 0.4) is 0 Å². The number of carbonyl (C=O) groups is 6. The second-order valence-electron chi connectivity index (χ2n) is 18.4. The Labute approximate surface area is 540 Å². The number of aromatic nitrogens is 4. The largest absolute Gasteiger partial charge is 0.643 e. The second kappa shape index (κ2) is 42.2. The van der Waals surface area contributed by atoms with Crippen LogP contribution >= 0.6 is 65.0 Å². The van der Waals surface area contributed by atoms with Crippen LogP contribution in [0.25, 0.3) is 0 Å². The van der Waals surface area contributed by atoms with Gasteiger partial charge in [0.1, 0.15) is 46.0 Å². The van der Waals surface area contributed by atoms with E-state index in [1.165, 1.54) is 66.7 Å². The topological polar surface area (TPSA) is 213 Å². The fraction of sp³-hybridized carbons (Fsp3) is 0.270. The molecule has 25 heteroatoms. The van der Waals surface area contributed by atoms with Gasteiger partial charge in [-0.25, -0.2) is 66.9 Å². The van der Waals surface area contributed by atoms with Crippen LogP contribution in [0.15, 0.2) is 127 Å². The van der Waals surface area contributed by atoms with E-state index in [0.717, 1.165) is 76.1 Å². The quantitative estimate of drug-likeness (QED) is 0.0104. The molecule has 5 N–H and O–H groups in total. The van der Waals surface area contributed by atoms with Gasteiger partial charge in [0.05, 0.1) is 25.2 Å². The summed E-state index contributed by atoms with van der Waals surface area (Å²) in [4.78, 5) is 79.3. The van der Waals surface area contributed by atoms with E-state index in [4.69, 9.17) is 84.3 Å². The Balaban J connectivity index is 0.000000372. The molecule has 4 heterocycles. The van der Waals surface area contributed by atoms with Gasteiger partial charge in [0.15, 0.2) is 5.78 Å². The molecule has 0 saturated heterocycles. The summed E-state index contributed by atoms with van der Waals surface area (Å²) in [7, 11) is 14.8. The number of carbonyl (C=O) groups excluding carboxylic acids is 5. The monoisotopic (exact) mass is 1350 g/mol. The first-order valence-corrected chi connectivity index (χ1v) is 33.6. The van der Waals surface area contributed by atoms with Crippen LogP contribution in [-0.4, -0.2) is 96.5 Å². The Kier molecular flexibility index (Phi) is 37.1. The van der Waals surface area contributed by atoms with E-state index in [9.17, 15) is 46.3 Å². The molecule has 88 heavy (non-hydrogen) atoms. The van der Waals surface area contributed by atoms with Crippen LogP contribution in [0.2, 0.25) is 0 Å². The molecule has 4 aromatic heterocycles. The van der Waals surface area contributed by atoms with Crippen LogP contribution < -0.4 is 0 Å². The van der Waals surface area contributed by atoms with Crippen LogP contribution in [-0.2, 0) is 57.5 Å². The number of ketones is 1. The van der Waals surface area contributed by atoms with E-state index < -0.39 is 28.6 Å². The minimum Gasteiger partial charge on any atom is -0.477 e. The molecule has 8 rings (SSSR count). The fourth-order valence-corrected chi connectivity index (χ4v) is 7.81. The lowest BCUT2D eigenvalue weighted by Gasteiger charge is -2.01. The summed E-state index contributed by atoms with van der Waals surface area (Å²) in [6, 6.07) is 32.8. The van der Waals surface area contributed by atoms with Crippen molar-refractivity contribution in [3.05, 3.63) is 235 Å². The number of aromatic carboxylic acids is 1. The van der Waals surface area contributed by atoms with Crippen molar-refractivity contribution < 1.29 is 65.6 Å². The van der Waals surface area contributed by atoms with Gasteiger partial charge in [0.2, 0.25) is 5.24 Å². The lowest BCUT2D eigenvalue weighted by atomic mass is 10.0. The number of aryl methyl sites for hydroxylation is 8. The van der Waals surface area contributed by atoms with Gasteiger partial charge in [-0.1, -0.05) is 48.5 Å². The lowest BCUT2D eigenvalue weighted by Crippen LogP contribution is -2.05. The number of carboxylic acids is 1. The molecule has 0 aliphatic rings. The molecule has 0 bridgehead atoms. The number of rotatable bonds is 18. The van der Waals surface area contributed by atoms with E-state index in [0.29, 0.717) is 35.9 Å². The highest BCUT2D eigenvalue weighted by Crippen LogP contribution is 2.18. The number of esters is 3. The number of ether oxygens (including phenoxy) is 3. The van der Waals surface area contributed by atoms with Crippen molar-refractivity contribution in [3.63, 3.8) is 0 Å².